The molecule has 0 saturated heterocycles. The van der Waals surface area contributed by atoms with Gasteiger partial charge in [0, 0.05) is 12.6 Å². The molecule has 0 aromatic heterocycles. The Kier molecular flexibility index (Phi) is 7.23. The molecule has 0 bridgehead atoms. The summed E-state index contributed by atoms with van der Waals surface area (Å²) in [6.07, 6.45) is 3.50. The third-order valence-electron chi connectivity index (χ3n) is 3.87. The smallest absolute Gasteiger partial charge is 0.240 e. The maximum absolute atomic E-state index is 12.6. The number of aromatic hydroxyl groups is 1. The van der Waals surface area contributed by atoms with Gasteiger partial charge in [0.1, 0.15) is 5.75 Å². The van der Waals surface area contributed by atoms with E-state index in [0.717, 1.165) is 31.4 Å². The van der Waals surface area contributed by atoms with Gasteiger partial charge in [0.15, 0.2) is 0 Å². The Morgan fingerprint density at radius 2 is 1.90 bits per heavy atom. The molecule has 0 aliphatic rings. The largest absolute Gasteiger partial charge is 0.508 e. The molecule has 3 N–H and O–H groups in total. The number of unbranched alkanes of at least 4 members (excludes halogenated alkanes) is 1. The Hall–Kier alpha value is -1.55. The van der Waals surface area contributed by atoms with Gasteiger partial charge in [0.25, 0.3) is 0 Å². The summed E-state index contributed by atoms with van der Waals surface area (Å²) in [6.45, 7) is 7.05. The summed E-state index contributed by atoms with van der Waals surface area (Å²) >= 11 is 0. The lowest BCUT2D eigenvalue weighted by molar-refractivity contribution is -0.134. The van der Waals surface area contributed by atoms with Crippen LogP contribution < -0.4 is 5.73 Å². The van der Waals surface area contributed by atoms with E-state index in [9.17, 15) is 9.90 Å². The summed E-state index contributed by atoms with van der Waals surface area (Å²) in [5.74, 6) is 0.244. The molecule has 118 valence electrons. The van der Waals surface area contributed by atoms with E-state index in [-0.39, 0.29) is 17.7 Å². The molecule has 1 aromatic carbocycles. The molecular weight excluding hydrogens is 264 g/mol. The van der Waals surface area contributed by atoms with Crippen LogP contribution in [0.25, 0.3) is 0 Å². The van der Waals surface area contributed by atoms with E-state index in [1.165, 1.54) is 0 Å². The quantitative estimate of drug-likeness (QED) is 0.774. The van der Waals surface area contributed by atoms with Crippen molar-refractivity contribution in [1.29, 1.82) is 0 Å². The van der Waals surface area contributed by atoms with Crippen molar-refractivity contribution < 1.29 is 9.90 Å². The van der Waals surface area contributed by atoms with Crippen molar-refractivity contribution in [3.05, 3.63) is 29.8 Å². The zero-order valence-corrected chi connectivity index (χ0v) is 13.4. The van der Waals surface area contributed by atoms with Crippen LogP contribution in [0.4, 0.5) is 0 Å². The highest BCUT2D eigenvalue weighted by Gasteiger charge is 2.24. The molecule has 1 aromatic rings. The van der Waals surface area contributed by atoms with Crippen LogP contribution in [0.1, 0.15) is 45.6 Å². The molecule has 1 rings (SSSR count). The van der Waals surface area contributed by atoms with E-state index >= 15 is 0 Å². The van der Waals surface area contributed by atoms with Gasteiger partial charge in [-0.25, -0.2) is 0 Å². The monoisotopic (exact) mass is 292 g/mol. The highest BCUT2D eigenvalue weighted by molar-refractivity contribution is 5.82. The van der Waals surface area contributed by atoms with E-state index < -0.39 is 6.04 Å². The van der Waals surface area contributed by atoms with Gasteiger partial charge < -0.3 is 15.7 Å². The van der Waals surface area contributed by atoms with Gasteiger partial charge in [-0.3, -0.25) is 4.79 Å². The van der Waals surface area contributed by atoms with E-state index in [1.807, 2.05) is 17.0 Å². The maximum Gasteiger partial charge on any atom is 0.240 e. The molecule has 4 heteroatoms. The third kappa shape index (κ3) is 5.38. The summed E-state index contributed by atoms with van der Waals surface area (Å²) in [4.78, 5) is 14.5. The van der Waals surface area contributed by atoms with E-state index in [4.69, 9.17) is 5.73 Å². The second-order valence-corrected chi connectivity index (χ2v) is 5.62. The van der Waals surface area contributed by atoms with Gasteiger partial charge in [-0.2, -0.15) is 0 Å². The SMILES string of the molecule is CCCCN(C(=O)C(N)Cc1ccc(O)cc1)C(C)CC. The highest BCUT2D eigenvalue weighted by Crippen LogP contribution is 2.13. The summed E-state index contributed by atoms with van der Waals surface area (Å²) < 4.78 is 0. The van der Waals surface area contributed by atoms with Crippen molar-refractivity contribution in [2.45, 2.75) is 58.5 Å². The van der Waals surface area contributed by atoms with Crippen molar-refractivity contribution in [2.75, 3.05) is 6.54 Å². The molecular formula is C17H28N2O2. The molecule has 21 heavy (non-hydrogen) atoms. The Morgan fingerprint density at radius 1 is 1.29 bits per heavy atom. The summed E-state index contributed by atoms with van der Waals surface area (Å²) in [7, 11) is 0. The van der Waals surface area contributed by atoms with E-state index in [2.05, 4.69) is 20.8 Å². The Bertz CT molecular complexity index is 431. The third-order valence-corrected chi connectivity index (χ3v) is 3.87. The molecule has 0 aliphatic carbocycles. The summed E-state index contributed by atoms with van der Waals surface area (Å²) in [5, 5.41) is 9.28. The predicted molar refractivity (Wildman–Crippen MR) is 86.2 cm³/mol. The lowest BCUT2D eigenvalue weighted by Gasteiger charge is -2.31. The van der Waals surface area contributed by atoms with Crippen LogP contribution in [-0.2, 0) is 11.2 Å². The van der Waals surface area contributed by atoms with Gasteiger partial charge in [-0.05, 0) is 43.9 Å². The minimum absolute atomic E-state index is 0.0193. The molecule has 0 radical (unpaired) electrons. The number of amides is 1. The van der Waals surface area contributed by atoms with Crippen LogP contribution in [0.3, 0.4) is 0 Å². The second kappa shape index (κ2) is 8.67. The number of phenolic OH excluding ortho intramolecular Hbond substituents is 1. The molecule has 0 fully saturated rings. The second-order valence-electron chi connectivity index (χ2n) is 5.62. The predicted octanol–water partition coefficient (Wildman–Crippen LogP) is 2.69. The summed E-state index contributed by atoms with van der Waals surface area (Å²) in [6, 6.07) is 6.55. The molecule has 0 aliphatic heterocycles. The average Bonchev–Trinajstić information content (AvgIpc) is 2.49. The van der Waals surface area contributed by atoms with Crippen LogP contribution >= 0.6 is 0 Å². The Morgan fingerprint density at radius 3 is 2.43 bits per heavy atom. The number of rotatable bonds is 8. The number of nitrogens with zero attached hydrogens (tertiary/aromatic N) is 1. The van der Waals surface area contributed by atoms with Crippen LogP contribution in [0, 0.1) is 0 Å². The average molecular weight is 292 g/mol. The van der Waals surface area contributed by atoms with Crippen molar-refractivity contribution in [3.8, 4) is 5.75 Å². The fourth-order valence-corrected chi connectivity index (χ4v) is 2.28. The van der Waals surface area contributed by atoms with Gasteiger partial charge >= 0.3 is 0 Å². The van der Waals surface area contributed by atoms with Gasteiger partial charge in [0.2, 0.25) is 5.91 Å². The molecule has 0 spiro atoms. The first-order valence-electron chi connectivity index (χ1n) is 7.83. The standard InChI is InChI=1S/C17H28N2O2/c1-4-6-11-19(13(3)5-2)17(21)16(18)12-14-7-9-15(20)10-8-14/h7-10,13,16,20H,4-6,11-12,18H2,1-3H3. The first-order chi connectivity index (χ1) is 9.99. The van der Waals surface area contributed by atoms with Gasteiger partial charge in [-0.15, -0.1) is 0 Å². The lowest BCUT2D eigenvalue weighted by atomic mass is 10.0. The number of carbonyl (C=O) groups excluding carboxylic acids is 1. The normalized spacial score (nSPS) is 13.7. The topological polar surface area (TPSA) is 66.6 Å². The van der Waals surface area contributed by atoms with Crippen LogP contribution in [0.2, 0.25) is 0 Å². The van der Waals surface area contributed by atoms with E-state index in [1.54, 1.807) is 12.1 Å². The highest BCUT2D eigenvalue weighted by atomic mass is 16.3. The fraction of sp³-hybridized carbons (Fsp3) is 0.588. The van der Waals surface area contributed by atoms with E-state index in [0.29, 0.717) is 6.42 Å². The number of nitrogens with two attached hydrogens (primary N) is 1. The summed E-state index contributed by atoms with van der Waals surface area (Å²) in [5.41, 5.74) is 7.06. The van der Waals surface area contributed by atoms with Gasteiger partial charge in [0.05, 0.1) is 6.04 Å². The zero-order chi connectivity index (χ0) is 15.8. The van der Waals surface area contributed by atoms with Crippen LogP contribution in [-0.4, -0.2) is 34.5 Å². The number of hydrogen-bond donors (Lipinski definition) is 2. The molecule has 0 heterocycles. The Balaban J connectivity index is 2.70. The number of phenols is 1. The molecule has 1 amide bonds. The van der Waals surface area contributed by atoms with Crippen LogP contribution in [0.15, 0.2) is 24.3 Å². The Labute approximate surface area is 128 Å². The van der Waals surface area contributed by atoms with Crippen molar-refractivity contribution in [1.82, 2.24) is 4.90 Å². The lowest BCUT2D eigenvalue weighted by Crippen LogP contribution is -2.48. The number of hydrogen-bond acceptors (Lipinski definition) is 3. The van der Waals surface area contributed by atoms with Crippen molar-refractivity contribution in [2.24, 2.45) is 5.73 Å². The molecule has 4 nitrogen and oxygen atoms in total. The number of carbonyl (C=O) groups is 1. The van der Waals surface area contributed by atoms with Crippen molar-refractivity contribution >= 4 is 5.91 Å². The van der Waals surface area contributed by atoms with Crippen molar-refractivity contribution in [3.63, 3.8) is 0 Å². The first kappa shape index (κ1) is 17.5. The zero-order valence-electron chi connectivity index (χ0n) is 13.4. The first-order valence-corrected chi connectivity index (χ1v) is 7.83. The molecule has 2 unspecified atom stereocenters. The minimum atomic E-state index is -0.527. The minimum Gasteiger partial charge on any atom is -0.508 e. The maximum atomic E-state index is 12.6. The number of benzene rings is 1. The fourth-order valence-electron chi connectivity index (χ4n) is 2.28. The van der Waals surface area contributed by atoms with Crippen LogP contribution in [0.5, 0.6) is 5.75 Å². The van der Waals surface area contributed by atoms with Gasteiger partial charge in [-0.1, -0.05) is 32.4 Å². The molecule has 0 saturated carbocycles. The molecule has 2 atom stereocenters.